The number of allylic oxidation sites excluding steroid dienone is 1. The van der Waals surface area contributed by atoms with Gasteiger partial charge in [-0.05, 0) is 50.2 Å². The van der Waals surface area contributed by atoms with Crippen molar-refractivity contribution in [1.82, 2.24) is 15.1 Å². The lowest BCUT2D eigenvalue weighted by Crippen LogP contribution is -2.51. The van der Waals surface area contributed by atoms with E-state index >= 15 is 0 Å². The largest absolute Gasteiger partial charge is 0.355 e. The van der Waals surface area contributed by atoms with E-state index < -0.39 is 0 Å². The molecule has 1 saturated heterocycles. The summed E-state index contributed by atoms with van der Waals surface area (Å²) in [6.07, 6.45) is 8.74. The molecule has 2 amide bonds. The average molecular weight is 384 g/mol. The van der Waals surface area contributed by atoms with Gasteiger partial charge in [0.05, 0.1) is 13.0 Å². The lowest BCUT2D eigenvalue weighted by atomic mass is 9.97. The van der Waals surface area contributed by atoms with Crippen molar-refractivity contribution in [3.05, 3.63) is 47.0 Å². The van der Waals surface area contributed by atoms with Gasteiger partial charge in [0.15, 0.2) is 0 Å². The summed E-state index contributed by atoms with van der Waals surface area (Å²) in [4.78, 5) is 28.8. The fraction of sp³-hybridized carbons (Fsp3) is 0.565. The normalized spacial score (nSPS) is 17.9. The van der Waals surface area contributed by atoms with Crippen LogP contribution >= 0.6 is 0 Å². The highest BCUT2D eigenvalue weighted by Gasteiger charge is 2.22. The van der Waals surface area contributed by atoms with Gasteiger partial charge in [0.1, 0.15) is 0 Å². The number of nitrogens with one attached hydrogen (secondary N) is 1. The first-order valence-electron chi connectivity index (χ1n) is 10.6. The molecule has 1 aromatic carbocycles. The van der Waals surface area contributed by atoms with Crippen molar-refractivity contribution in [3.8, 4) is 0 Å². The quantitative estimate of drug-likeness (QED) is 0.737. The van der Waals surface area contributed by atoms with Crippen LogP contribution in [0.3, 0.4) is 0 Å². The molecule has 152 valence electrons. The van der Waals surface area contributed by atoms with Gasteiger partial charge in [-0.3, -0.25) is 14.5 Å². The average Bonchev–Trinajstić information content (AvgIpc) is 2.71. The lowest BCUT2D eigenvalue weighted by Gasteiger charge is -2.34. The smallest absolute Gasteiger partial charge is 0.234 e. The van der Waals surface area contributed by atoms with E-state index in [1.54, 1.807) is 0 Å². The Labute approximate surface area is 168 Å². The second-order valence-corrected chi connectivity index (χ2v) is 7.97. The Hall–Kier alpha value is -2.14. The number of carbonyl (C=O) groups excluding carboxylic acids is 2. The molecule has 0 spiro atoms. The Morgan fingerprint density at radius 2 is 1.86 bits per heavy atom. The topological polar surface area (TPSA) is 52.7 Å². The van der Waals surface area contributed by atoms with Crippen LogP contribution in [0.25, 0.3) is 0 Å². The van der Waals surface area contributed by atoms with Gasteiger partial charge >= 0.3 is 0 Å². The van der Waals surface area contributed by atoms with Gasteiger partial charge in [-0.25, -0.2) is 0 Å². The van der Waals surface area contributed by atoms with Crippen molar-refractivity contribution in [2.75, 3.05) is 39.3 Å². The van der Waals surface area contributed by atoms with E-state index in [1.807, 2.05) is 36.1 Å². The van der Waals surface area contributed by atoms with Crippen LogP contribution in [0.15, 0.2) is 35.9 Å². The summed E-state index contributed by atoms with van der Waals surface area (Å²) in [7, 11) is 0. The minimum Gasteiger partial charge on any atom is -0.355 e. The molecule has 5 nitrogen and oxygen atoms in total. The number of piperazine rings is 1. The molecular formula is C23H33N3O2. The number of carbonyl (C=O) groups is 2. The fourth-order valence-electron chi connectivity index (χ4n) is 3.99. The van der Waals surface area contributed by atoms with Gasteiger partial charge in [-0.15, -0.1) is 0 Å². The van der Waals surface area contributed by atoms with Crippen LogP contribution < -0.4 is 5.32 Å². The molecule has 1 aromatic rings. The van der Waals surface area contributed by atoms with Gasteiger partial charge in [-0.2, -0.15) is 0 Å². The Morgan fingerprint density at radius 3 is 2.57 bits per heavy atom. The van der Waals surface area contributed by atoms with E-state index in [1.165, 1.54) is 31.3 Å². The SMILES string of the molecule is Cc1ccccc1CC(=O)N1CCN(CC(=O)NCCC2=CCCCC2)CC1. The zero-order chi connectivity index (χ0) is 19.8. The van der Waals surface area contributed by atoms with E-state index in [2.05, 4.69) is 16.3 Å². The van der Waals surface area contributed by atoms with Gasteiger partial charge in [0, 0.05) is 32.7 Å². The number of rotatable bonds is 7. The summed E-state index contributed by atoms with van der Waals surface area (Å²) in [5.74, 6) is 0.273. The highest BCUT2D eigenvalue weighted by atomic mass is 16.2. The van der Waals surface area contributed by atoms with E-state index in [9.17, 15) is 9.59 Å². The van der Waals surface area contributed by atoms with Gasteiger partial charge in [0.2, 0.25) is 11.8 Å². The van der Waals surface area contributed by atoms with E-state index in [-0.39, 0.29) is 11.8 Å². The highest BCUT2D eigenvalue weighted by molar-refractivity contribution is 5.79. The second kappa shape index (κ2) is 10.4. The molecule has 2 aliphatic rings. The molecule has 3 rings (SSSR count). The van der Waals surface area contributed by atoms with E-state index in [0.29, 0.717) is 26.1 Å². The summed E-state index contributed by atoms with van der Waals surface area (Å²) >= 11 is 0. The number of aryl methyl sites for hydroxylation is 1. The molecule has 0 saturated carbocycles. The van der Waals surface area contributed by atoms with Crippen LogP contribution in [0.5, 0.6) is 0 Å². The molecule has 1 aliphatic heterocycles. The first-order chi connectivity index (χ1) is 13.6. The Bertz CT molecular complexity index is 706. The summed E-state index contributed by atoms with van der Waals surface area (Å²) < 4.78 is 0. The fourth-order valence-corrected chi connectivity index (χ4v) is 3.99. The molecule has 5 heteroatoms. The summed E-state index contributed by atoms with van der Waals surface area (Å²) in [6.45, 7) is 6.13. The predicted molar refractivity (Wildman–Crippen MR) is 112 cm³/mol. The number of hydrogen-bond donors (Lipinski definition) is 1. The molecule has 28 heavy (non-hydrogen) atoms. The minimum atomic E-state index is 0.0936. The van der Waals surface area contributed by atoms with Crippen molar-refractivity contribution in [1.29, 1.82) is 0 Å². The molecule has 1 fully saturated rings. The number of nitrogens with zero attached hydrogens (tertiary/aromatic N) is 2. The van der Waals surface area contributed by atoms with Crippen LogP contribution in [0.2, 0.25) is 0 Å². The zero-order valence-corrected chi connectivity index (χ0v) is 17.1. The Balaban J connectivity index is 1.34. The molecule has 1 N–H and O–H groups in total. The van der Waals surface area contributed by atoms with Crippen molar-refractivity contribution in [3.63, 3.8) is 0 Å². The maximum atomic E-state index is 12.6. The summed E-state index contributed by atoms with van der Waals surface area (Å²) in [5, 5.41) is 3.05. The second-order valence-electron chi connectivity index (χ2n) is 7.97. The van der Waals surface area contributed by atoms with E-state index in [0.717, 1.165) is 37.2 Å². The number of amides is 2. The predicted octanol–water partition coefficient (Wildman–Crippen LogP) is 2.69. The van der Waals surface area contributed by atoms with Gasteiger partial charge in [0.25, 0.3) is 0 Å². The molecule has 0 atom stereocenters. The van der Waals surface area contributed by atoms with Gasteiger partial charge in [-0.1, -0.05) is 35.9 Å². The van der Waals surface area contributed by atoms with E-state index in [4.69, 9.17) is 0 Å². The summed E-state index contributed by atoms with van der Waals surface area (Å²) in [5.41, 5.74) is 3.75. The lowest BCUT2D eigenvalue weighted by molar-refractivity contribution is -0.132. The molecule has 1 heterocycles. The highest BCUT2D eigenvalue weighted by Crippen LogP contribution is 2.19. The molecule has 1 aliphatic carbocycles. The Morgan fingerprint density at radius 1 is 1.07 bits per heavy atom. The third-order valence-electron chi connectivity index (χ3n) is 5.85. The van der Waals surface area contributed by atoms with Gasteiger partial charge < -0.3 is 10.2 Å². The monoisotopic (exact) mass is 383 g/mol. The number of benzene rings is 1. The maximum absolute atomic E-state index is 12.6. The standard InChI is InChI=1S/C23H33N3O2/c1-19-7-5-6-10-21(19)17-23(28)26-15-13-25(14-16-26)18-22(27)24-12-11-20-8-3-2-4-9-20/h5-8,10H,2-4,9,11-18H2,1H3,(H,24,27). The molecule has 0 bridgehead atoms. The van der Waals surface area contributed by atoms with Crippen LogP contribution in [-0.4, -0.2) is 60.9 Å². The Kier molecular flexibility index (Phi) is 7.66. The molecule has 0 unspecified atom stereocenters. The van der Waals surface area contributed by atoms with Crippen LogP contribution in [0, 0.1) is 6.92 Å². The first kappa shape index (κ1) is 20.6. The molecular weight excluding hydrogens is 350 g/mol. The van der Waals surface area contributed by atoms with Crippen LogP contribution in [0.1, 0.15) is 43.2 Å². The first-order valence-corrected chi connectivity index (χ1v) is 10.6. The number of hydrogen-bond acceptors (Lipinski definition) is 3. The van der Waals surface area contributed by atoms with Crippen molar-refractivity contribution >= 4 is 11.8 Å². The van der Waals surface area contributed by atoms with Crippen molar-refractivity contribution in [2.45, 2.75) is 45.4 Å². The van der Waals surface area contributed by atoms with Crippen molar-refractivity contribution in [2.24, 2.45) is 0 Å². The third kappa shape index (κ3) is 6.20. The molecule has 0 aromatic heterocycles. The zero-order valence-electron chi connectivity index (χ0n) is 17.1. The van der Waals surface area contributed by atoms with Crippen molar-refractivity contribution < 1.29 is 9.59 Å². The minimum absolute atomic E-state index is 0.0936. The molecule has 0 radical (unpaired) electrons. The third-order valence-corrected chi connectivity index (χ3v) is 5.85. The van der Waals surface area contributed by atoms with Crippen LogP contribution in [0.4, 0.5) is 0 Å². The van der Waals surface area contributed by atoms with Crippen LogP contribution in [-0.2, 0) is 16.0 Å². The maximum Gasteiger partial charge on any atom is 0.234 e. The summed E-state index contributed by atoms with van der Waals surface area (Å²) in [6, 6.07) is 8.05.